The average molecular weight is 422 g/mol. The van der Waals surface area contributed by atoms with Gasteiger partial charge >= 0.3 is 0 Å². The SMILES string of the molecule is CCCCN(C)C(=NC)NCC(=O)Nc1ccc(F)cc1.I. The smallest absolute Gasteiger partial charge is 0.243 e. The summed E-state index contributed by atoms with van der Waals surface area (Å²) in [7, 11) is 3.62. The summed E-state index contributed by atoms with van der Waals surface area (Å²) in [5.41, 5.74) is 0.567. The molecule has 1 amide bonds. The first kappa shape index (κ1) is 20.6. The number of carbonyl (C=O) groups excluding carboxylic acids is 1. The number of aliphatic imine (C=N–C) groups is 1. The highest BCUT2D eigenvalue weighted by molar-refractivity contribution is 14.0. The number of nitrogens with one attached hydrogen (secondary N) is 2. The molecule has 0 heterocycles. The molecule has 124 valence electrons. The Morgan fingerprint density at radius 3 is 2.50 bits per heavy atom. The number of carbonyl (C=O) groups is 1. The van der Waals surface area contributed by atoms with Gasteiger partial charge in [0.05, 0.1) is 6.54 Å². The molecule has 7 heteroatoms. The predicted molar refractivity (Wildman–Crippen MR) is 99.3 cm³/mol. The predicted octanol–water partition coefficient (Wildman–Crippen LogP) is 2.69. The van der Waals surface area contributed by atoms with Gasteiger partial charge in [0.15, 0.2) is 5.96 Å². The summed E-state index contributed by atoms with van der Waals surface area (Å²) in [6.07, 6.45) is 2.17. The second-order valence-corrected chi connectivity index (χ2v) is 4.73. The summed E-state index contributed by atoms with van der Waals surface area (Å²) >= 11 is 0. The summed E-state index contributed by atoms with van der Waals surface area (Å²) in [5, 5.41) is 5.69. The van der Waals surface area contributed by atoms with Gasteiger partial charge in [-0.2, -0.15) is 0 Å². The Hall–Kier alpha value is -1.38. The molecule has 1 aromatic rings. The van der Waals surface area contributed by atoms with E-state index in [0.717, 1.165) is 19.4 Å². The number of rotatable bonds is 6. The van der Waals surface area contributed by atoms with Crippen molar-refractivity contribution in [1.29, 1.82) is 0 Å². The van der Waals surface area contributed by atoms with E-state index in [-0.39, 0.29) is 42.2 Å². The number of hydrogen-bond acceptors (Lipinski definition) is 2. The van der Waals surface area contributed by atoms with E-state index < -0.39 is 0 Å². The maximum atomic E-state index is 12.8. The first-order valence-corrected chi connectivity index (χ1v) is 7.04. The van der Waals surface area contributed by atoms with E-state index in [0.29, 0.717) is 11.6 Å². The number of halogens is 2. The van der Waals surface area contributed by atoms with Gasteiger partial charge in [-0.25, -0.2) is 4.39 Å². The summed E-state index contributed by atoms with van der Waals surface area (Å²) in [4.78, 5) is 17.9. The van der Waals surface area contributed by atoms with E-state index in [1.165, 1.54) is 24.3 Å². The molecule has 0 aliphatic heterocycles. The van der Waals surface area contributed by atoms with Crippen LogP contribution in [0.15, 0.2) is 29.3 Å². The molecule has 0 saturated heterocycles. The maximum absolute atomic E-state index is 12.8. The molecule has 1 aromatic carbocycles. The Balaban J connectivity index is 0.00000441. The van der Waals surface area contributed by atoms with Crippen LogP contribution < -0.4 is 10.6 Å². The van der Waals surface area contributed by atoms with Gasteiger partial charge in [-0.05, 0) is 30.7 Å². The fourth-order valence-electron chi connectivity index (χ4n) is 1.78. The number of nitrogens with zero attached hydrogens (tertiary/aromatic N) is 2. The molecule has 1 rings (SSSR count). The molecule has 0 radical (unpaired) electrons. The van der Waals surface area contributed by atoms with Gasteiger partial charge in [-0.15, -0.1) is 24.0 Å². The number of unbranched alkanes of at least 4 members (excludes halogenated alkanes) is 1. The molecule has 0 atom stereocenters. The molecule has 0 bridgehead atoms. The Kier molecular flexibility index (Phi) is 10.5. The summed E-state index contributed by atoms with van der Waals surface area (Å²) in [6, 6.07) is 5.66. The van der Waals surface area contributed by atoms with Crippen molar-refractivity contribution in [1.82, 2.24) is 10.2 Å². The van der Waals surface area contributed by atoms with E-state index in [1.54, 1.807) is 7.05 Å². The minimum Gasteiger partial charge on any atom is -0.347 e. The van der Waals surface area contributed by atoms with Crippen molar-refractivity contribution < 1.29 is 9.18 Å². The molecular weight excluding hydrogens is 398 g/mol. The maximum Gasteiger partial charge on any atom is 0.243 e. The number of hydrogen-bond donors (Lipinski definition) is 2. The largest absolute Gasteiger partial charge is 0.347 e. The second-order valence-electron chi connectivity index (χ2n) is 4.73. The third-order valence-corrected chi connectivity index (χ3v) is 2.96. The normalized spacial score (nSPS) is 10.6. The van der Waals surface area contributed by atoms with E-state index in [1.807, 2.05) is 11.9 Å². The lowest BCUT2D eigenvalue weighted by molar-refractivity contribution is -0.115. The molecule has 0 unspecified atom stereocenters. The van der Waals surface area contributed by atoms with Crippen molar-refractivity contribution in [3.8, 4) is 0 Å². The summed E-state index contributed by atoms with van der Waals surface area (Å²) in [5.74, 6) is 0.147. The van der Waals surface area contributed by atoms with Gasteiger partial charge in [0.2, 0.25) is 5.91 Å². The Morgan fingerprint density at radius 2 is 1.95 bits per heavy atom. The molecule has 2 N–H and O–H groups in total. The van der Waals surface area contributed by atoms with Gasteiger partial charge in [-0.3, -0.25) is 9.79 Å². The molecule has 0 aliphatic rings. The lowest BCUT2D eigenvalue weighted by Crippen LogP contribution is -2.42. The van der Waals surface area contributed by atoms with Crippen LogP contribution in [0.25, 0.3) is 0 Å². The first-order chi connectivity index (χ1) is 10.1. The van der Waals surface area contributed by atoms with E-state index in [9.17, 15) is 9.18 Å². The molecular formula is C15H24FIN4O. The second kappa shape index (κ2) is 11.2. The van der Waals surface area contributed by atoms with Crippen molar-refractivity contribution >= 4 is 41.5 Å². The molecule has 0 aliphatic carbocycles. The van der Waals surface area contributed by atoms with Gasteiger partial charge in [0, 0.05) is 26.3 Å². The Labute approximate surface area is 148 Å². The van der Waals surface area contributed by atoms with Gasteiger partial charge in [-0.1, -0.05) is 13.3 Å². The van der Waals surface area contributed by atoms with Crippen molar-refractivity contribution in [2.75, 3.05) is 32.5 Å². The average Bonchev–Trinajstić information content (AvgIpc) is 2.48. The molecule has 0 fully saturated rings. The molecule has 22 heavy (non-hydrogen) atoms. The zero-order chi connectivity index (χ0) is 15.7. The summed E-state index contributed by atoms with van der Waals surface area (Å²) < 4.78 is 12.8. The van der Waals surface area contributed by atoms with Crippen LogP contribution >= 0.6 is 24.0 Å². The van der Waals surface area contributed by atoms with Crippen LogP contribution in [0.2, 0.25) is 0 Å². The Bertz CT molecular complexity index is 479. The summed E-state index contributed by atoms with van der Waals surface area (Å²) in [6.45, 7) is 3.12. The fourth-order valence-corrected chi connectivity index (χ4v) is 1.78. The number of benzene rings is 1. The lowest BCUT2D eigenvalue weighted by Gasteiger charge is -2.21. The van der Waals surface area contributed by atoms with E-state index in [4.69, 9.17) is 0 Å². The van der Waals surface area contributed by atoms with Crippen LogP contribution in [-0.4, -0.2) is 44.0 Å². The number of guanidine groups is 1. The van der Waals surface area contributed by atoms with Crippen LogP contribution in [0.1, 0.15) is 19.8 Å². The van der Waals surface area contributed by atoms with Crippen molar-refractivity contribution in [3.05, 3.63) is 30.1 Å². The quantitative estimate of drug-likeness (QED) is 0.421. The molecule has 5 nitrogen and oxygen atoms in total. The van der Waals surface area contributed by atoms with E-state index in [2.05, 4.69) is 22.5 Å². The van der Waals surface area contributed by atoms with Crippen LogP contribution in [-0.2, 0) is 4.79 Å². The van der Waals surface area contributed by atoms with Crippen molar-refractivity contribution in [3.63, 3.8) is 0 Å². The fraction of sp³-hybridized carbons (Fsp3) is 0.467. The standard InChI is InChI=1S/C15H23FN4O.HI/c1-4-5-10-20(3)15(17-2)18-11-14(21)19-13-8-6-12(16)7-9-13;/h6-9H,4-5,10-11H2,1-3H3,(H,17,18)(H,19,21);1H. The van der Waals surface area contributed by atoms with Crippen LogP contribution in [0, 0.1) is 5.82 Å². The van der Waals surface area contributed by atoms with E-state index >= 15 is 0 Å². The first-order valence-electron chi connectivity index (χ1n) is 7.04. The topological polar surface area (TPSA) is 56.7 Å². The third-order valence-electron chi connectivity index (χ3n) is 2.96. The van der Waals surface area contributed by atoms with Crippen LogP contribution in [0.5, 0.6) is 0 Å². The minimum absolute atomic E-state index is 0. The highest BCUT2D eigenvalue weighted by Crippen LogP contribution is 2.07. The van der Waals surface area contributed by atoms with Crippen LogP contribution in [0.3, 0.4) is 0 Å². The monoisotopic (exact) mass is 422 g/mol. The van der Waals surface area contributed by atoms with Crippen molar-refractivity contribution in [2.24, 2.45) is 4.99 Å². The lowest BCUT2D eigenvalue weighted by atomic mass is 10.3. The third kappa shape index (κ3) is 7.58. The van der Waals surface area contributed by atoms with Crippen molar-refractivity contribution in [2.45, 2.75) is 19.8 Å². The Morgan fingerprint density at radius 1 is 1.32 bits per heavy atom. The number of amides is 1. The van der Waals surface area contributed by atoms with Gasteiger partial charge < -0.3 is 15.5 Å². The minimum atomic E-state index is -0.330. The highest BCUT2D eigenvalue weighted by atomic mass is 127. The zero-order valence-corrected chi connectivity index (χ0v) is 15.6. The molecule has 0 spiro atoms. The van der Waals surface area contributed by atoms with Crippen LogP contribution in [0.4, 0.5) is 10.1 Å². The highest BCUT2D eigenvalue weighted by Gasteiger charge is 2.08. The van der Waals surface area contributed by atoms with Gasteiger partial charge in [0.1, 0.15) is 5.82 Å². The van der Waals surface area contributed by atoms with Gasteiger partial charge in [0.25, 0.3) is 0 Å². The molecule has 0 saturated carbocycles. The number of anilines is 1. The molecule has 0 aromatic heterocycles. The zero-order valence-electron chi connectivity index (χ0n) is 13.2.